The van der Waals surface area contributed by atoms with Gasteiger partial charge in [0, 0.05) is 11.4 Å². The molecule has 0 fully saturated rings. The molecule has 156 valence electrons. The summed E-state index contributed by atoms with van der Waals surface area (Å²) >= 11 is 6.19. The van der Waals surface area contributed by atoms with Crippen molar-refractivity contribution >= 4 is 38.9 Å². The number of anilines is 2. The third-order valence-electron chi connectivity index (χ3n) is 4.55. The summed E-state index contributed by atoms with van der Waals surface area (Å²) in [5.74, 6) is -0.415. The van der Waals surface area contributed by atoms with Crippen LogP contribution in [0.1, 0.15) is 35.7 Å². The Hall–Kier alpha value is -2.83. The van der Waals surface area contributed by atoms with Gasteiger partial charge in [0.25, 0.3) is 15.9 Å². The second-order valence-corrected chi connectivity index (χ2v) is 8.96. The minimum absolute atomic E-state index is 0.133. The molecule has 0 aliphatic rings. The molecule has 0 aliphatic heterocycles. The van der Waals surface area contributed by atoms with Gasteiger partial charge in [-0.2, -0.15) is 0 Å². The topological polar surface area (TPSA) is 75.3 Å². The predicted octanol–water partition coefficient (Wildman–Crippen LogP) is 5.74. The fourth-order valence-corrected chi connectivity index (χ4v) is 4.18. The van der Waals surface area contributed by atoms with Gasteiger partial charge in [-0.05, 0) is 60.9 Å². The number of aryl methyl sites for hydroxylation is 1. The summed E-state index contributed by atoms with van der Waals surface area (Å²) in [6, 6.07) is 20.1. The van der Waals surface area contributed by atoms with Gasteiger partial charge in [-0.3, -0.25) is 9.52 Å². The van der Waals surface area contributed by atoms with Crippen LogP contribution in [0.4, 0.5) is 11.4 Å². The molecule has 0 saturated carbocycles. The Kier molecular flexibility index (Phi) is 7.13. The Morgan fingerprint density at radius 1 is 0.933 bits per heavy atom. The molecule has 0 aliphatic carbocycles. The standard InChI is InChI=1S/C23H23ClN2O3S/c1-2-3-7-17-10-12-18(13-11-17)25-23(27)21-16-19(14-15-22(21)24)26-30(28,29)20-8-5-4-6-9-20/h4-6,8-16,26H,2-3,7H2,1H3,(H,25,27). The zero-order valence-corrected chi connectivity index (χ0v) is 18.1. The van der Waals surface area contributed by atoms with Crippen LogP contribution < -0.4 is 10.0 Å². The lowest BCUT2D eigenvalue weighted by Crippen LogP contribution is -2.15. The molecule has 1 amide bonds. The quantitative estimate of drug-likeness (QED) is 0.467. The second-order valence-electron chi connectivity index (χ2n) is 6.87. The molecule has 0 spiro atoms. The number of hydrogen-bond acceptors (Lipinski definition) is 3. The average Bonchev–Trinajstić information content (AvgIpc) is 2.75. The van der Waals surface area contributed by atoms with E-state index in [-0.39, 0.29) is 21.2 Å². The first-order chi connectivity index (χ1) is 14.4. The predicted molar refractivity (Wildman–Crippen MR) is 122 cm³/mol. The van der Waals surface area contributed by atoms with Gasteiger partial charge in [0.1, 0.15) is 0 Å². The first-order valence-electron chi connectivity index (χ1n) is 9.67. The highest BCUT2D eigenvalue weighted by Gasteiger charge is 2.17. The number of rotatable bonds is 8. The van der Waals surface area contributed by atoms with E-state index in [9.17, 15) is 13.2 Å². The van der Waals surface area contributed by atoms with Crippen LogP contribution in [0.25, 0.3) is 0 Å². The molecule has 3 rings (SSSR count). The number of nitrogens with one attached hydrogen (secondary N) is 2. The molecule has 0 heterocycles. The number of hydrogen-bond donors (Lipinski definition) is 2. The Morgan fingerprint density at radius 2 is 1.60 bits per heavy atom. The average molecular weight is 443 g/mol. The number of carbonyl (C=O) groups excluding carboxylic acids is 1. The van der Waals surface area contributed by atoms with Gasteiger partial charge in [-0.15, -0.1) is 0 Å². The first-order valence-corrected chi connectivity index (χ1v) is 11.5. The van der Waals surface area contributed by atoms with Crippen molar-refractivity contribution in [3.8, 4) is 0 Å². The lowest BCUT2D eigenvalue weighted by Gasteiger charge is -2.11. The highest BCUT2D eigenvalue weighted by Crippen LogP contribution is 2.24. The summed E-state index contributed by atoms with van der Waals surface area (Å²) in [6.07, 6.45) is 3.24. The van der Waals surface area contributed by atoms with Crippen molar-refractivity contribution in [1.82, 2.24) is 0 Å². The van der Waals surface area contributed by atoms with Crippen LogP contribution in [0.5, 0.6) is 0 Å². The molecule has 0 bridgehead atoms. The van der Waals surface area contributed by atoms with Crippen molar-refractivity contribution in [3.05, 3.63) is 88.9 Å². The van der Waals surface area contributed by atoms with Crippen LogP contribution in [-0.4, -0.2) is 14.3 Å². The van der Waals surface area contributed by atoms with Gasteiger partial charge >= 0.3 is 0 Å². The summed E-state index contributed by atoms with van der Waals surface area (Å²) in [5.41, 5.74) is 2.29. The smallest absolute Gasteiger partial charge is 0.261 e. The zero-order chi connectivity index (χ0) is 21.6. The molecule has 3 aromatic carbocycles. The highest BCUT2D eigenvalue weighted by atomic mass is 35.5. The summed E-state index contributed by atoms with van der Waals surface area (Å²) in [6.45, 7) is 2.15. The fourth-order valence-electron chi connectivity index (χ4n) is 2.91. The normalized spacial score (nSPS) is 11.1. The van der Waals surface area contributed by atoms with E-state index in [1.54, 1.807) is 18.2 Å². The molecule has 3 aromatic rings. The Morgan fingerprint density at radius 3 is 2.27 bits per heavy atom. The highest BCUT2D eigenvalue weighted by molar-refractivity contribution is 7.92. The molecular weight excluding hydrogens is 420 g/mol. The molecule has 30 heavy (non-hydrogen) atoms. The van der Waals surface area contributed by atoms with Gasteiger partial charge in [0.05, 0.1) is 15.5 Å². The van der Waals surface area contributed by atoms with Gasteiger partial charge in [0.15, 0.2) is 0 Å². The molecule has 7 heteroatoms. The maximum atomic E-state index is 12.7. The Balaban J connectivity index is 1.75. The van der Waals surface area contributed by atoms with Gasteiger partial charge in [-0.1, -0.05) is 55.3 Å². The maximum Gasteiger partial charge on any atom is 0.261 e. The largest absolute Gasteiger partial charge is 0.322 e. The molecule has 0 atom stereocenters. The van der Waals surface area contributed by atoms with E-state index >= 15 is 0 Å². The summed E-state index contributed by atoms with van der Waals surface area (Å²) in [5, 5.41) is 3.03. The van der Waals surface area contributed by atoms with Crippen molar-refractivity contribution in [2.24, 2.45) is 0 Å². The van der Waals surface area contributed by atoms with E-state index in [1.807, 2.05) is 24.3 Å². The number of amides is 1. The summed E-state index contributed by atoms with van der Waals surface area (Å²) < 4.78 is 27.5. The van der Waals surface area contributed by atoms with Gasteiger partial charge in [-0.25, -0.2) is 8.42 Å². The van der Waals surface area contributed by atoms with Crippen molar-refractivity contribution in [1.29, 1.82) is 0 Å². The zero-order valence-electron chi connectivity index (χ0n) is 16.6. The number of benzene rings is 3. The van der Waals surface area contributed by atoms with E-state index < -0.39 is 15.9 Å². The van der Waals surface area contributed by atoms with Crippen LogP contribution in [0, 0.1) is 0 Å². The number of sulfonamides is 1. The van der Waals surface area contributed by atoms with Crippen LogP contribution in [0.15, 0.2) is 77.7 Å². The van der Waals surface area contributed by atoms with Crippen LogP contribution in [0.3, 0.4) is 0 Å². The maximum absolute atomic E-state index is 12.7. The van der Waals surface area contributed by atoms with Crippen LogP contribution >= 0.6 is 11.6 Å². The number of unbranched alkanes of at least 4 members (excludes halogenated alkanes) is 1. The van der Waals surface area contributed by atoms with E-state index in [0.29, 0.717) is 5.69 Å². The minimum Gasteiger partial charge on any atom is -0.322 e. The lowest BCUT2D eigenvalue weighted by atomic mass is 10.1. The molecule has 0 radical (unpaired) electrons. The van der Waals surface area contributed by atoms with Crippen LogP contribution in [-0.2, 0) is 16.4 Å². The number of halogens is 1. The molecule has 2 N–H and O–H groups in total. The fraction of sp³-hybridized carbons (Fsp3) is 0.174. The molecule has 0 aromatic heterocycles. The van der Waals surface area contributed by atoms with E-state index in [1.165, 1.54) is 35.9 Å². The first kappa shape index (κ1) is 21.9. The molecular formula is C23H23ClN2O3S. The van der Waals surface area contributed by atoms with E-state index in [0.717, 1.165) is 19.3 Å². The lowest BCUT2D eigenvalue weighted by molar-refractivity contribution is 0.102. The molecule has 5 nitrogen and oxygen atoms in total. The van der Waals surface area contributed by atoms with Crippen molar-refractivity contribution in [2.75, 3.05) is 10.0 Å². The van der Waals surface area contributed by atoms with E-state index in [2.05, 4.69) is 17.0 Å². The van der Waals surface area contributed by atoms with Crippen molar-refractivity contribution in [3.63, 3.8) is 0 Å². The number of carbonyl (C=O) groups is 1. The SMILES string of the molecule is CCCCc1ccc(NC(=O)c2cc(NS(=O)(=O)c3ccccc3)ccc2Cl)cc1. The summed E-state index contributed by atoms with van der Waals surface area (Å²) in [4.78, 5) is 12.8. The Labute approximate surface area is 182 Å². The van der Waals surface area contributed by atoms with Crippen molar-refractivity contribution in [2.45, 2.75) is 31.1 Å². The second kappa shape index (κ2) is 9.78. The van der Waals surface area contributed by atoms with Gasteiger partial charge in [0.2, 0.25) is 0 Å². The molecule has 0 unspecified atom stereocenters. The Bertz CT molecular complexity index is 1110. The third kappa shape index (κ3) is 5.62. The monoisotopic (exact) mass is 442 g/mol. The third-order valence-corrected chi connectivity index (χ3v) is 6.27. The van der Waals surface area contributed by atoms with Gasteiger partial charge < -0.3 is 5.32 Å². The summed E-state index contributed by atoms with van der Waals surface area (Å²) in [7, 11) is -3.76. The minimum atomic E-state index is -3.76. The van der Waals surface area contributed by atoms with E-state index in [4.69, 9.17) is 11.6 Å². The molecule has 0 saturated heterocycles. The van der Waals surface area contributed by atoms with Crippen molar-refractivity contribution < 1.29 is 13.2 Å². The van der Waals surface area contributed by atoms with Crippen LogP contribution in [0.2, 0.25) is 5.02 Å².